The molecule has 1 saturated heterocycles. The summed E-state index contributed by atoms with van der Waals surface area (Å²) in [4.78, 5) is 44.4. The van der Waals surface area contributed by atoms with E-state index in [0.29, 0.717) is 43.6 Å². The van der Waals surface area contributed by atoms with Crippen molar-refractivity contribution in [1.82, 2.24) is 19.4 Å². The van der Waals surface area contributed by atoms with Gasteiger partial charge in [-0.1, -0.05) is 30.3 Å². The largest absolute Gasteiger partial charge is 0.489 e. The van der Waals surface area contributed by atoms with Crippen molar-refractivity contribution >= 4 is 28.7 Å². The van der Waals surface area contributed by atoms with Crippen LogP contribution in [0.3, 0.4) is 0 Å². The van der Waals surface area contributed by atoms with Gasteiger partial charge in [-0.2, -0.15) is 11.8 Å². The summed E-state index contributed by atoms with van der Waals surface area (Å²) in [6.45, 7) is 0.451. The highest BCUT2D eigenvalue weighted by atomic mass is 32.2. The van der Waals surface area contributed by atoms with Gasteiger partial charge in [-0.05, 0) is 85.9 Å². The van der Waals surface area contributed by atoms with Crippen molar-refractivity contribution in [1.29, 1.82) is 0 Å². The summed E-state index contributed by atoms with van der Waals surface area (Å²) in [5, 5.41) is 3.24. The predicted molar refractivity (Wildman–Crippen MR) is 162 cm³/mol. The number of pyridine rings is 1. The number of halogens is 1. The van der Waals surface area contributed by atoms with Gasteiger partial charge >= 0.3 is 5.69 Å². The van der Waals surface area contributed by atoms with Crippen LogP contribution in [0.25, 0.3) is 11.0 Å². The zero-order valence-electron chi connectivity index (χ0n) is 23.2. The Labute approximate surface area is 246 Å². The third-order valence-corrected chi connectivity index (χ3v) is 9.29. The summed E-state index contributed by atoms with van der Waals surface area (Å²) in [5.74, 6) is 1.76. The first kappa shape index (κ1) is 28.2. The monoisotopic (exact) mass is 588 g/mol. The Kier molecular flexibility index (Phi) is 8.41. The van der Waals surface area contributed by atoms with E-state index in [4.69, 9.17) is 4.74 Å². The number of fused-ring (bicyclic) bond motifs is 1. The second-order valence-corrected chi connectivity index (χ2v) is 12.2. The van der Waals surface area contributed by atoms with Crippen molar-refractivity contribution < 1.29 is 13.9 Å². The molecule has 0 bridgehead atoms. The van der Waals surface area contributed by atoms with Crippen LogP contribution in [0, 0.1) is 5.82 Å². The number of aromatic nitrogens is 3. The topological polar surface area (TPSA) is 95.2 Å². The van der Waals surface area contributed by atoms with Crippen LogP contribution in [-0.4, -0.2) is 37.6 Å². The van der Waals surface area contributed by atoms with Crippen molar-refractivity contribution in [2.24, 2.45) is 0 Å². The molecule has 1 aliphatic heterocycles. The molecule has 6 rings (SSSR count). The van der Waals surface area contributed by atoms with Gasteiger partial charge in [0.25, 0.3) is 11.5 Å². The Balaban J connectivity index is 1.13. The molecule has 42 heavy (non-hydrogen) atoms. The number of thioether (sulfide) groups is 1. The number of amides is 1. The SMILES string of the molecule is O=C(NC1CCC(n2c(=O)c3cc(F)cnc3n(C3CCSCC3)c2=O)CC1)c1ccc(OCc2ccccc2)cc1. The van der Waals surface area contributed by atoms with Crippen LogP contribution in [0.15, 0.2) is 76.4 Å². The van der Waals surface area contributed by atoms with E-state index in [1.54, 1.807) is 28.8 Å². The van der Waals surface area contributed by atoms with Crippen LogP contribution in [0.2, 0.25) is 0 Å². The van der Waals surface area contributed by atoms with E-state index < -0.39 is 11.4 Å². The van der Waals surface area contributed by atoms with E-state index in [9.17, 15) is 18.8 Å². The highest BCUT2D eigenvalue weighted by Gasteiger charge is 2.29. The van der Waals surface area contributed by atoms with Gasteiger partial charge in [0.05, 0.1) is 11.6 Å². The zero-order valence-corrected chi connectivity index (χ0v) is 24.0. The smallest absolute Gasteiger partial charge is 0.333 e. The van der Waals surface area contributed by atoms with E-state index in [1.165, 1.54) is 10.6 Å². The lowest BCUT2D eigenvalue weighted by Gasteiger charge is -2.31. The van der Waals surface area contributed by atoms with Crippen LogP contribution in [0.4, 0.5) is 4.39 Å². The Morgan fingerprint density at radius 3 is 2.33 bits per heavy atom. The molecule has 2 fully saturated rings. The number of benzene rings is 2. The summed E-state index contributed by atoms with van der Waals surface area (Å²) in [5.41, 5.74) is 1.00. The van der Waals surface area contributed by atoms with E-state index >= 15 is 0 Å². The molecule has 2 aromatic carbocycles. The maximum atomic E-state index is 14.2. The quantitative estimate of drug-likeness (QED) is 0.317. The number of rotatable bonds is 7. The minimum atomic E-state index is -0.599. The van der Waals surface area contributed by atoms with Gasteiger partial charge in [-0.15, -0.1) is 0 Å². The van der Waals surface area contributed by atoms with Crippen molar-refractivity contribution in [2.75, 3.05) is 11.5 Å². The fraction of sp³-hybridized carbons (Fsp3) is 0.375. The molecule has 1 N–H and O–H groups in total. The Bertz CT molecular complexity index is 1680. The molecule has 2 aromatic heterocycles. The van der Waals surface area contributed by atoms with Crippen LogP contribution in [0.5, 0.6) is 5.75 Å². The zero-order chi connectivity index (χ0) is 29.1. The predicted octanol–water partition coefficient (Wildman–Crippen LogP) is 5.26. The Hall–Kier alpha value is -3.92. The van der Waals surface area contributed by atoms with Crippen molar-refractivity contribution in [2.45, 2.75) is 63.3 Å². The first-order valence-electron chi connectivity index (χ1n) is 14.5. The van der Waals surface area contributed by atoms with Gasteiger partial charge in [0.1, 0.15) is 23.8 Å². The molecular formula is C32H33FN4O4S. The van der Waals surface area contributed by atoms with Gasteiger partial charge in [0.2, 0.25) is 0 Å². The van der Waals surface area contributed by atoms with Gasteiger partial charge in [0.15, 0.2) is 0 Å². The molecule has 3 heterocycles. The lowest BCUT2D eigenvalue weighted by molar-refractivity contribution is 0.0921. The number of nitrogens with one attached hydrogen (secondary N) is 1. The molecule has 0 radical (unpaired) electrons. The Morgan fingerprint density at radius 2 is 1.62 bits per heavy atom. The number of hydrogen-bond acceptors (Lipinski definition) is 6. The summed E-state index contributed by atoms with van der Waals surface area (Å²) >= 11 is 1.84. The fourth-order valence-electron chi connectivity index (χ4n) is 5.99. The molecule has 2 aliphatic rings. The van der Waals surface area contributed by atoms with Crippen LogP contribution in [-0.2, 0) is 6.61 Å². The van der Waals surface area contributed by atoms with E-state index in [1.807, 2.05) is 42.1 Å². The van der Waals surface area contributed by atoms with Crippen LogP contribution < -0.4 is 21.3 Å². The van der Waals surface area contributed by atoms with Crippen molar-refractivity contribution in [3.8, 4) is 5.75 Å². The van der Waals surface area contributed by atoms with Gasteiger partial charge in [0, 0.05) is 23.7 Å². The minimum absolute atomic E-state index is 0.0724. The Morgan fingerprint density at radius 1 is 0.929 bits per heavy atom. The number of hydrogen-bond donors (Lipinski definition) is 1. The number of carbonyl (C=O) groups excluding carboxylic acids is 1. The first-order chi connectivity index (χ1) is 20.5. The van der Waals surface area contributed by atoms with Crippen molar-refractivity contribution in [3.63, 3.8) is 0 Å². The molecule has 4 aromatic rings. The molecule has 0 atom stereocenters. The molecule has 8 nitrogen and oxygen atoms in total. The summed E-state index contributed by atoms with van der Waals surface area (Å²) in [7, 11) is 0. The molecule has 218 valence electrons. The summed E-state index contributed by atoms with van der Waals surface area (Å²) in [6, 6.07) is 17.7. The highest BCUT2D eigenvalue weighted by Crippen LogP contribution is 2.30. The lowest BCUT2D eigenvalue weighted by Crippen LogP contribution is -2.46. The van der Waals surface area contributed by atoms with E-state index in [0.717, 1.165) is 36.1 Å². The first-order valence-corrected chi connectivity index (χ1v) is 15.6. The van der Waals surface area contributed by atoms with Gasteiger partial charge < -0.3 is 10.1 Å². The van der Waals surface area contributed by atoms with Crippen LogP contribution >= 0.6 is 11.8 Å². The van der Waals surface area contributed by atoms with E-state index in [2.05, 4.69) is 10.3 Å². The third-order valence-electron chi connectivity index (χ3n) is 8.24. The second kappa shape index (κ2) is 12.5. The molecule has 1 amide bonds. The maximum Gasteiger partial charge on any atom is 0.333 e. The standard InChI is InChI=1S/C32H33FN4O4S/c33-23-18-28-29(34-19-23)36(26-14-16-42-17-15-26)32(40)37(31(28)39)25-10-8-24(9-11-25)35-30(38)22-6-12-27(13-7-22)41-20-21-4-2-1-3-5-21/h1-7,12-13,18-19,24-26H,8-11,14-17,20H2,(H,35,38). The minimum Gasteiger partial charge on any atom is -0.489 e. The molecule has 1 saturated carbocycles. The average Bonchev–Trinajstić information content (AvgIpc) is 3.02. The molecule has 0 spiro atoms. The van der Waals surface area contributed by atoms with E-state index in [-0.39, 0.29) is 40.8 Å². The third kappa shape index (κ3) is 5.99. The lowest BCUT2D eigenvalue weighted by atomic mass is 9.90. The molecule has 0 unspecified atom stereocenters. The van der Waals surface area contributed by atoms with Crippen molar-refractivity contribution in [3.05, 3.63) is 105 Å². The number of carbonyl (C=O) groups is 1. The molecule has 10 heteroatoms. The highest BCUT2D eigenvalue weighted by molar-refractivity contribution is 7.99. The van der Waals surface area contributed by atoms with Gasteiger partial charge in [-0.25, -0.2) is 14.2 Å². The fourth-order valence-corrected chi connectivity index (χ4v) is 7.07. The second-order valence-electron chi connectivity index (χ2n) is 11.0. The van der Waals surface area contributed by atoms with Gasteiger partial charge in [-0.3, -0.25) is 18.7 Å². The molecule has 1 aliphatic carbocycles. The van der Waals surface area contributed by atoms with Crippen LogP contribution in [0.1, 0.15) is 66.5 Å². The average molecular weight is 589 g/mol. The molecular weight excluding hydrogens is 555 g/mol. The maximum absolute atomic E-state index is 14.2. The normalized spacial score (nSPS) is 19.5. The number of nitrogens with zero attached hydrogens (tertiary/aromatic N) is 3. The summed E-state index contributed by atoms with van der Waals surface area (Å²) < 4.78 is 22.9. The number of ether oxygens (including phenoxy) is 1. The summed E-state index contributed by atoms with van der Waals surface area (Å²) in [6.07, 6.45) is 5.03.